The predicted octanol–water partition coefficient (Wildman–Crippen LogP) is 4.89. The smallest absolute Gasteiger partial charge is 0.269 e. The number of non-ortho nitro benzene ring substituents is 1. The molecule has 0 saturated carbocycles. The van der Waals surface area contributed by atoms with Gasteiger partial charge in [-0.05, 0) is 42.8 Å². The van der Waals surface area contributed by atoms with Gasteiger partial charge < -0.3 is 4.74 Å². The monoisotopic (exact) mass is 431 g/mol. The van der Waals surface area contributed by atoms with Crippen LogP contribution in [0.4, 0.5) is 5.69 Å². The third-order valence-corrected chi connectivity index (χ3v) is 5.33. The van der Waals surface area contributed by atoms with Gasteiger partial charge >= 0.3 is 0 Å². The van der Waals surface area contributed by atoms with Crippen LogP contribution in [0.15, 0.2) is 82.1 Å². The number of hydrogen-bond acceptors (Lipinski definition) is 7. The molecular weight excluding hydrogens is 414 g/mol. The zero-order valence-corrected chi connectivity index (χ0v) is 17.3. The van der Waals surface area contributed by atoms with Crippen molar-refractivity contribution in [2.75, 3.05) is 6.61 Å². The standard InChI is InChI=1S/C23H17N3O4S/c1-2-30-21-8-5-17(19(12-21)15-27)4-3-16-11-18(13-24)23(25-14-16)31-22-9-6-20(7-10-22)26(28)29/h3-12,14,17H,2H2,1H3. The van der Waals surface area contributed by atoms with Crippen molar-refractivity contribution in [3.8, 4) is 6.07 Å². The number of allylic oxidation sites excluding steroid dienone is 5. The van der Waals surface area contributed by atoms with Crippen molar-refractivity contribution in [1.29, 1.82) is 5.26 Å². The van der Waals surface area contributed by atoms with Crippen molar-refractivity contribution < 1.29 is 14.5 Å². The topological polar surface area (TPSA) is 106 Å². The highest BCUT2D eigenvalue weighted by molar-refractivity contribution is 7.99. The Morgan fingerprint density at radius 3 is 2.77 bits per heavy atom. The summed E-state index contributed by atoms with van der Waals surface area (Å²) in [5.74, 6) is 2.31. The molecule has 0 bridgehead atoms. The number of rotatable bonds is 7. The second kappa shape index (κ2) is 10.2. The fraction of sp³-hybridized carbons (Fsp3) is 0.130. The van der Waals surface area contributed by atoms with Gasteiger partial charge in [-0.25, -0.2) is 9.78 Å². The highest BCUT2D eigenvalue weighted by Crippen LogP contribution is 2.30. The van der Waals surface area contributed by atoms with Crippen LogP contribution in [0.3, 0.4) is 0 Å². The van der Waals surface area contributed by atoms with Crippen LogP contribution in [-0.2, 0) is 9.53 Å². The summed E-state index contributed by atoms with van der Waals surface area (Å²) in [4.78, 5) is 26.7. The quantitative estimate of drug-likeness (QED) is 0.349. The van der Waals surface area contributed by atoms with Gasteiger partial charge in [-0.1, -0.05) is 30.0 Å². The lowest BCUT2D eigenvalue weighted by Crippen LogP contribution is -2.03. The van der Waals surface area contributed by atoms with Crippen LogP contribution in [-0.4, -0.2) is 22.5 Å². The number of nitro benzene ring substituents is 1. The Kier molecular flexibility index (Phi) is 7.17. The molecule has 0 radical (unpaired) electrons. The van der Waals surface area contributed by atoms with Crippen molar-refractivity contribution in [2.24, 2.45) is 5.92 Å². The maximum absolute atomic E-state index is 11.3. The summed E-state index contributed by atoms with van der Waals surface area (Å²) in [6, 6.07) is 9.89. The molecule has 0 fully saturated rings. The second-order valence-corrected chi connectivity index (χ2v) is 7.43. The van der Waals surface area contributed by atoms with Gasteiger partial charge in [0.25, 0.3) is 5.69 Å². The first-order chi connectivity index (χ1) is 15.0. The van der Waals surface area contributed by atoms with Crippen molar-refractivity contribution in [1.82, 2.24) is 4.98 Å². The largest absolute Gasteiger partial charge is 0.494 e. The van der Waals surface area contributed by atoms with E-state index in [1.165, 1.54) is 23.9 Å². The molecule has 8 heteroatoms. The molecule has 3 rings (SSSR count). The molecule has 31 heavy (non-hydrogen) atoms. The summed E-state index contributed by atoms with van der Waals surface area (Å²) in [5.41, 5.74) is 1.56. The van der Waals surface area contributed by atoms with E-state index in [1.54, 1.807) is 36.5 Å². The molecule has 1 aromatic heterocycles. The number of aromatic nitrogens is 1. The molecule has 0 N–H and O–H groups in total. The minimum absolute atomic E-state index is 0.00188. The SMILES string of the molecule is CCOC1=CC(=C=O)C(C=Cc2cnc(Sc3ccc([N+](=O)[O-])cc3)c(C#N)c2)C=C1. The van der Waals surface area contributed by atoms with Gasteiger partial charge in [0, 0.05) is 29.1 Å². The van der Waals surface area contributed by atoms with Crippen LogP contribution in [0.5, 0.6) is 0 Å². The third kappa shape index (κ3) is 5.58. The highest BCUT2D eigenvalue weighted by atomic mass is 32.2. The minimum Gasteiger partial charge on any atom is -0.494 e. The molecule has 1 atom stereocenters. The van der Waals surface area contributed by atoms with Gasteiger partial charge in [0.05, 0.1) is 22.7 Å². The maximum Gasteiger partial charge on any atom is 0.269 e. The molecule has 1 aromatic carbocycles. The molecule has 154 valence electrons. The Bertz CT molecular complexity index is 1170. The fourth-order valence-corrected chi connectivity index (χ4v) is 3.62. The molecular formula is C23H17N3O4S. The first-order valence-corrected chi connectivity index (χ1v) is 10.1. The van der Waals surface area contributed by atoms with Crippen LogP contribution >= 0.6 is 11.8 Å². The van der Waals surface area contributed by atoms with Crippen LogP contribution in [0.1, 0.15) is 18.1 Å². The summed E-state index contributed by atoms with van der Waals surface area (Å²) in [6.45, 7) is 2.38. The Morgan fingerprint density at radius 1 is 1.35 bits per heavy atom. The number of nitriles is 1. The number of nitrogens with zero attached hydrogens (tertiary/aromatic N) is 3. The van der Waals surface area contributed by atoms with E-state index < -0.39 is 4.92 Å². The number of pyridine rings is 1. The highest BCUT2D eigenvalue weighted by Gasteiger charge is 2.14. The number of hydrogen-bond donors (Lipinski definition) is 0. The van der Waals surface area contributed by atoms with E-state index in [0.29, 0.717) is 34.1 Å². The van der Waals surface area contributed by atoms with Crippen LogP contribution in [0.2, 0.25) is 0 Å². The molecule has 1 aliphatic rings. The van der Waals surface area contributed by atoms with Crippen molar-refractivity contribution in [2.45, 2.75) is 16.8 Å². The Hall–Kier alpha value is -3.92. The normalized spacial score (nSPS) is 15.3. The number of nitro groups is 1. The molecule has 0 amide bonds. The van der Waals surface area contributed by atoms with E-state index in [0.717, 1.165) is 4.90 Å². The van der Waals surface area contributed by atoms with E-state index in [9.17, 15) is 20.2 Å². The molecule has 0 saturated heterocycles. The first kappa shape index (κ1) is 21.8. The predicted molar refractivity (Wildman–Crippen MR) is 117 cm³/mol. The Labute approximate surface area is 183 Å². The molecule has 7 nitrogen and oxygen atoms in total. The second-order valence-electron chi connectivity index (χ2n) is 6.37. The zero-order valence-electron chi connectivity index (χ0n) is 16.5. The lowest BCUT2D eigenvalue weighted by Gasteiger charge is -2.14. The molecule has 1 aliphatic carbocycles. The number of benzene rings is 1. The van der Waals surface area contributed by atoms with E-state index in [-0.39, 0.29) is 11.6 Å². The zero-order chi connectivity index (χ0) is 22.2. The van der Waals surface area contributed by atoms with Crippen LogP contribution in [0, 0.1) is 27.4 Å². The van der Waals surface area contributed by atoms with Crippen molar-refractivity contribution >= 4 is 29.5 Å². The lowest BCUT2D eigenvalue weighted by atomic mass is 9.94. The maximum atomic E-state index is 11.3. The number of ether oxygens (including phenoxy) is 1. The fourth-order valence-electron chi connectivity index (χ4n) is 2.80. The third-order valence-electron chi connectivity index (χ3n) is 4.30. The van der Waals surface area contributed by atoms with Gasteiger partial charge in [-0.2, -0.15) is 5.26 Å². The molecule has 0 aliphatic heterocycles. The lowest BCUT2D eigenvalue weighted by molar-refractivity contribution is -0.384. The van der Waals surface area contributed by atoms with Gasteiger partial charge in [0.1, 0.15) is 22.8 Å². The molecule has 1 heterocycles. The van der Waals surface area contributed by atoms with E-state index in [1.807, 2.05) is 31.1 Å². The van der Waals surface area contributed by atoms with E-state index in [2.05, 4.69) is 11.1 Å². The van der Waals surface area contributed by atoms with E-state index in [4.69, 9.17) is 4.74 Å². The van der Waals surface area contributed by atoms with Gasteiger partial charge in [0.15, 0.2) is 0 Å². The van der Waals surface area contributed by atoms with Crippen molar-refractivity contribution in [3.63, 3.8) is 0 Å². The molecule has 2 aromatic rings. The molecule has 1 unspecified atom stereocenters. The average molecular weight is 431 g/mol. The summed E-state index contributed by atoms with van der Waals surface area (Å²) in [7, 11) is 0. The van der Waals surface area contributed by atoms with Gasteiger partial charge in [0.2, 0.25) is 0 Å². The van der Waals surface area contributed by atoms with Crippen LogP contribution < -0.4 is 0 Å². The average Bonchev–Trinajstić information content (AvgIpc) is 2.79. The Balaban J connectivity index is 1.76. The van der Waals surface area contributed by atoms with Gasteiger partial charge in [-0.3, -0.25) is 10.1 Å². The Morgan fingerprint density at radius 2 is 2.13 bits per heavy atom. The first-order valence-electron chi connectivity index (χ1n) is 9.32. The van der Waals surface area contributed by atoms with Crippen molar-refractivity contribution in [3.05, 3.63) is 93.4 Å². The summed E-state index contributed by atoms with van der Waals surface area (Å²) in [5, 5.41) is 20.8. The molecule has 0 spiro atoms. The minimum atomic E-state index is -0.464. The van der Waals surface area contributed by atoms with Gasteiger partial charge in [-0.15, -0.1) is 0 Å². The summed E-state index contributed by atoms with van der Waals surface area (Å²) in [6.07, 6.45) is 10.6. The van der Waals surface area contributed by atoms with E-state index >= 15 is 0 Å². The summed E-state index contributed by atoms with van der Waals surface area (Å²) >= 11 is 1.25. The number of carbonyl (C=O) groups excluding carboxylic acids is 1. The summed E-state index contributed by atoms with van der Waals surface area (Å²) < 4.78 is 5.41. The van der Waals surface area contributed by atoms with Crippen LogP contribution in [0.25, 0.3) is 6.08 Å².